The van der Waals surface area contributed by atoms with Crippen LogP contribution < -0.4 is 0 Å². The van der Waals surface area contributed by atoms with E-state index in [1.54, 1.807) is 0 Å². The lowest BCUT2D eigenvalue weighted by atomic mass is 10.2. The van der Waals surface area contributed by atoms with Crippen LogP contribution in [0.15, 0.2) is 30.3 Å². The first-order chi connectivity index (χ1) is 5.58. The molecule has 0 aliphatic heterocycles. The molecule has 0 unspecified atom stereocenters. The first kappa shape index (κ1) is 12.9. The summed E-state index contributed by atoms with van der Waals surface area (Å²) in [6.07, 6.45) is 0.363. The van der Waals surface area contributed by atoms with Gasteiger partial charge in [-0.2, -0.15) is 0 Å². The Morgan fingerprint density at radius 2 is 1.69 bits per heavy atom. The standard InChI is InChI=1S/C8H11O3P.Al.3H/c9-12(10,11)7-6-8-4-2-1-3-5-8;;;;/h1-5H,6-7H2,(H2,9,10,11);;;;. The first-order valence-corrected chi connectivity index (χ1v) is 5.46. The minimum absolute atomic E-state index is 0. The lowest BCUT2D eigenvalue weighted by Crippen LogP contribution is -1.92. The molecule has 0 heterocycles. The third-order valence-corrected chi connectivity index (χ3v) is 2.34. The van der Waals surface area contributed by atoms with E-state index >= 15 is 0 Å². The molecular formula is C8H14AlO3P. The maximum atomic E-state index is 10.5. The van der Waals surface area contributed by atoms with Crippen LogP contribution in [0.5, 0.6) is 0 Å². The molecule has 0 bridgehead atoms. The van der Waals surface area contributed by atoms with Crippen LogP contribution in [0, 0.1) is 0 Å². The number of hydrogen-bond acceptors (Lipinski definition) is 1. The van der Waals surface area contributed by atoms with Crippen molar-refractivity contribution in [3.63, 3.8) is 0 Å². The number of aryl methyl sites for hydroxylation is 1. The normalized spacial score (nSPS) is 10.6. The highest BCUT2D eigenvalue weighted by Gasteiger charge is 2.11. The van der Waals surface area contributed by atoms with Crippen molar-refractivity contribution in [2.24, 2.45) is 0 Å². The molecule has 1 rings (SSSR count). The summed E-state index contributed by atoms with van der Waals surface area (Å²) in [5.74, 6) is 0. The summed E-state index contributed by atoms with van der Waals surface area (Å²) >= 11 is 0. The smallest absolute Gasteiger partial charge is 0.324 e. The highest BCUT2D eigenvalue weighted by atomic mass is 31.2. The van der Waals surface area contributed by atoms with Gasteiger partial charge in [-0.1, -0.05) is 30.3 Å². The van der Waals surface area contributed by atoms with E-state index < -0.39 is 7.60 Å². The molecule has 0 fully saturated rings. The van der Waals surface area contributed by atoms with Gasteiger partial charge in [0.15, 0.2) is 17.4 Å². The van der Waals surface area contributed by atoms with Crippen LogP contribution in [0.1, 0.15) is 5.56 Å². The fourth-order valence-corrected chi connectivity index (χ4v) is 1.47. The van der Waals surface area contributed by atoms with Gasteiger partial charge in [-0.3, -0.25) is 4.57 Å². The van der Waals surface area contributed by atoms with Crippen molar-refractivity contribution >= 4 is 25.0 Å². The van der Waals surface area contributed by atoms with Gasteiger partial charge in [0, 0.05) is 0 Å². The van der Waals surface area contributed by atoms with Crippen molar-refractivity contribution < 1.29 is 14.4 Å². The Balaban J connectivity index is 0.00000144. The predicted molar refractivity (Wildman–Crippen MR) is 57.0 cm³/mol. The third kappa shape index (κ3) is 6.04. The summed E-state index contributed by atoms with van der Waals surface area (Å²) in [7, 11) is -3.83. The van der Waals surface area contributed by atoms with E-state index in [0.717, 1.165) is 5.56 Å². The maximum absolute atomic E-state index is 10.5. The van der Waals surface area contributed by atoms with E-state index in [0.29, 0.717) is 6.42 Å². The van der Waals surface area contributed by atoms with Gasteiger partial charge >= 0.3 is 7.60 Å². The zero-order valence-electron chi connectivity index (χ0n) is 6.55. The largest absolute Gasteiger partial charge is 0.325 e. The second-order valence-corrected chi connectivity index (χ2v) is 4.40. The second-order valence-electron chi connectivity index (χ2n) is 2.62. The van der Waals surface area contributed by atoms with Crippen LogP contribution in [0.2, 0.25) is 0 Å². The Labute approximate surface area is 88.1 Å². The molecule has 72 valence electrons. The molecule has 0 saturated carbocycles. The molecule has 0 atom stereocenters. The zero-order valence-corrected chi connectivity index (χ0v) is 7.45. The number of benzene rings is 1. The summed E-state index contributed by atoms with van der Waals surface area (Å²) in [5, 5.41) is 0. The van der Waals surface area contributed by atoms with E-state index in [1.165, 1.54) is 0 Å². The summed E-state index contributed by atoms with van der Waals surface area (Å²) in [6.45, 7) is 0. The third-order valence-electron chi connectivity index (χ3n) is 1.53. The van der Waals surface area contributed by atoms with Gasteiger partial charge in [-0.15, -0.1) is 0 Å². The molecule has 0 aliphatic carbocycles. The fraction of sp³-hybridized carbons (Fsp3) is 0.250. The van der Waals surface area contributed by atoms with Crippen LogP contribution in [-0.2, 0) is 11.0 Å². The fourth-order valence-electron chi connectivity index (χ4n) is 0.919. The van der Waals surface area contributed by atoms with Crippen LogP contribution in [0.4, 0.5) is 0 Å². The van der Waals surface area contributed by atoms with Gasteiger partial charge in [0.2, 0.25) is 0 Å². The van der Waals surface area contributed by atoms with Gasteiger partial charge in [-0.05, 0) is 12.0 Å². The summed E-state index contributed by atoms with van der Waals surface area (Å²) < 4.78 is 10.5. The molecule has 0 radical (unpaired) electrons. The number of hydrogen-bond donors (Lipinski definition) is 2. The van der Waals surface area contributed by atoms with Gasteiger partial charge in [-0.25, -0.2) is 0 Å². The summed E-state index contributed by atoms with van der Waals surface area (Å²) in [4.78, 5) is 17.2. The van der Waals surface area contributed by atoms with E-state index in [9.17, 15) is 4.57 Å². The average Bonchev–Trinajstić information content (AvgIpc) is 2.02. The Morgan fingerprint density at radius 1 is 1.15 bits per heavy atom. The molecule has 13 heavy (non-hydrogen) atoms. The lowest BCUT2D eigenvalue weighted by molar-refractivity contribution is 0.373. The quantitative estimate of drug-likeness (QED) is 0.561. The van der Waals surface area contributed by atoms with Crippen LogP contribution in [0.3, 0.4) is 0 Å². The van der Waals surface area contributed by atoms with Crippen LogP contribution in [0.25, 0.3) is 0 Å². The molecule has 0 amide bonds. The van der Waals surface area contributed by atoms with E-state index in [4.69, 9.17) is 9.79 Å². The molecule has 0 saturated heterocycles. The van der Waals surface area contributed by atoms with Gasteiger partial charge in [0.05, 0.1) is 6.16 Å². The average molecular weight is 216 g/mol. The zero-order chi connectivity index (χ0) is 9.03. The predicted octanol–water partition coefficient (Wildman–Crippen LogP) is 0.223. The molecule has 0 aromatic heterocycles. The molecule has 1 aromatic rings. The van der Waals surface area contributed by atoms with Gasteiger partial charge < -0.3 is 9.79 Å². The Kier molecular flexibility index (Phi) is 5.55. The lowest BCUT2D eigenvalue weighted by Gasteiger charge is -2.02. The second kappa shape index (κ2) is 5.59. The highest BCUT2D eigenvalue weighted by molar-refractivity contribution is 7.51. The van der Waals surface area contributed by atoms with Crippen molar-refractivity contribution in [1.29, 1.82) is 0 Å². The van der Waals surface area contributed by atoms with Crippen LogP contribution >= 0.6 is 7.60 Å². The first-order valence-electron chi connectivity index (χ1n) is 3.66. The Hall–Kier alpha value is -0.0975. The SMILES string of the molecule is O=P(O)(O)CCc1ccccc1.[AlH3]. The maximum Gasteiger partial charge on any atom is 0.325 e. The minimum atomic E-state index is -3.83. The molecule has 0 aliphatic rings. The molecule has 0 spiro atoms. The van der Waals surface area contributed by atoms with Crippen molar-refractivity contribution in [2.75, 3.05) is 6.16 Å². The van der Waals surface area contributed by atoms with Crippen molar-refractivity contribution in [3.8, 4) is 0 Å². The topological polar surface area (TPSA) is 57.5 Å². The molecular weight excluding hydrogens is 202 g/mol. The molecule has 3 nitrogen and oxygen atoms in total. The van der Waals surface area contributed by atoms with E-state index in [-0.39, 0.29) is 23.5 Å². The Morgan fingerprint density at radius 3 is 2.15 bits per heavy atom. The van der Waals surface area contributed by atoms with E-state index in [1.807, 2.05) is 30.3 Å². The van der Waals surface area contributed by atoms with Crippen molar-refractivity contribution in [1.82, 2.24) is 0 Å². The molecule has 5 heteroatoms. The van der Waals surface area contributed by atoms with Gasteiger partial charge in [0.25, 0.3) is 0 Å². The Bertz CT molecular complexity index is 283. The highest BCUT2D eigenvalue weighted by Crippen LogP contribution is 2.34. The summed E-state index contributed by atoms with van der Waals surface area (Å²) in [5.41, 5.74) is 0.959. The summed E-state index contributed by atoms with van der Waals surface area (Å²) in [6, 6.07) is 9.30. The van der Waals surface area contributed by atoms with Crippen molar-refractivity contribution in [2.45, 2.75) is 6.42 Å². The minimum Gasteiger partial charge on any atom is -0.324 e. The van der Waals surface area contributed by atoms with E-state index in [2.05, 4.69) is 0 Å². The molecule has 2 N–H and O–H groups in total. The van der Waals surface area contributed by atoms with Crippen LogP contribution in [-0.4, -0.2) is 33.3 Å². The monoisotopic (exact) mass is 216 g/mol. The van der Waals surface area contributed by atoms with Crippen molar-refractivity contribution in [3.05, 3.63) is 35.9 Å². The van der Waals surface area contributed by atoms with Gasteiger partial charge in [0.1, 0.15) is 0 Å². The molecule has 1 aromatic carbocycles. The number of rotatable bonds is 3.